The molecule has 49 heavy (non-hydrogen) atoms. The van der Waals surface area contributed by atoms with Crippen LogP contribution in [0.25, 0.3) is 0 Å². The van der Waals surface area contributed by atoms with Crippen molar-refractivity contribution >= 4 is 24.7 Å². The van der Waals surface area contributed by atoms with Crippen molar-refractivity contribution in [3.05, 3.63) is 96.1 Å². The van der Waals surface area contributed by atoms with Gasteiger partial charge in [0.25, 0.3) is 5.91 Å². The molecule has 1 aliphatic heterocycles. The van der Waals surface area contributed by atoms with Crippen molar-refractivity contribution in [1.29, 1.82) is 0 Å². The lowest BCUT2D eigenvalue weighted by atomic mass is 9.43. The summed E-state index contributed by atoms with van der Waals surface area (Å²) in [6, 6.07) is 18.4. The Labute approximate surface area is 290 Å². The van der Waals surface area contributed by atoms with Gasteiger partial charge in [-0.3, -0.25) is 19.4 Å². The molecular formula is C39H49BN4O5. The minimum atomic E-state index is -0.867. The summed E-state index contributed by atoms with van der Waals surface area (Å²) in [5.74, 6) is -0.692. The number of nitrogens with one attached hydrogen (secondary N) is 2. The van der Waals surface area contributed by atoms with Gasteiger partial charge in [-0.1, -0.05) is 88.4 Å². The minimum Gasteiger partial charge on any atom is -0.404 e. The summed E-state index contributed by atoms with van der Waals surface area (Å²) in [5.41, 5.74) is 1.78. The molecule has 10 heteroatoms. The van der Waals surface area contributed by atoms with Crippen LogP contribution in [-0.4, -0.2) is 58.4 Å². The first-order chi connectivity index (χ1) is 23.4. The van der Waals surface area contributed by atoms with Gasteiger partial charge >= 0.3 is 7.12 Å². The Morgan fingerprint density at radius 2 is 1.59 bits per heavy atom. The molecule has 1 saturated heterocycles. The van der Waals surface area contributed by atoms with E-state index in [0.29, 0.717) is 24.7 Å². The third kappa shape index (κ3) is 7.65. The van der Waals surface area contributed by atoms with E-state index in [0.717, 1.165) is 24.0 Å². The van der Waals surface area contributed by atoms with Gasteiger partial charge in [0.05, 0.1) is 29.9 Å². The highest BCUT2D eigenvalue weighted by atomic mass is 16.7. The molecule has 0 radical (unpaired) electrons. The topological polar surface area (TPSA) is 120 Å². The van der Waals surface area contributed by atoms with Crippen LogP contribution in [0.1, 0.15) is 81.9 Å². The smallest absolute Gasteiger partial charge is 0.404 e. The summed E-state index contributed by atoms with van der Waals surface area (Å²) in [7, 11) is -0.568. The van der Waals surface area contributed by atoms with E-state index in [9.17, 15) is 14.4 Å². The van der Waals surface area contributed by atoms with E-state index < -0.39 is 30.6 Å². The maximum Gasteiger partial charge on any atom is 0.481 e. The number of rotatable bonds is 14. The largest absolute Gasteiger partial charge is 0.481 e. The van der Waals surface area contributed by atoms with E-state index in [1.807, 2.05) is 60.7 Å². The van der Waals surface area contributed by atoms with Gasteiger partial charge in [0, 0.05) is 24.7 Å². The lowest BCUT2D eigenvalue weighted by Gasteiger charge is -2.64. The first-order valence-electron chi connectivity index (χ1n) is 17.7. The predicted molar refractivity (Wildman–Crippen MR) is 188 cm³/mol. The number of Topliss-reactive ketones (excluding diaryl/α,β-unsaturated/α-hetero) is 1. The van der Waals surface area contributed by atoms with Gasteiger partial charge in [0.2, 0.25) is 5.91 Å². The summed E-state index contributed by atoms with van der Waals surface area (Å²) in [6.07, 6.45) is 7.68. The number of carbonyl (C=O) groups excluding carboxylic acids is 3. The fourth-order valence-corrected chi connectivity index (χ4v) is 8.40. The molecule has 2 amide bonds. The normalized spacial score (nSPS) is 25.4. The lowest BCUT2D eigenvalue weighted by molar-refractivity contribution is -0.199. The van der Waals surface area contributed by atoms with Gasteiger partial charge in [-0.15, -0.1) is 0 Å². The second kappa shape index (κ2) is 14.5. The van der Waals surface area contributed by atoms with Crippen LogP contribution < -0.4 is 10.6 Å². The summed E-state index contributed by atoms with van der Waals surface area (Å²) in [6.45, 7) is 11.1. The number of carbonyl (C=O) groups is 3. The highest BCUT2D eigenvalue weighted by Gasteiger charge is 2.68. The van der Waals surface area contributed by atoms with Crippen molar-refractivity contribution in [3.63, 3.8) is 0 Å². The average Bonchev–Trinajstić information content (AvgIpc) is 3.45. The first kappa shape index (κ1) is 35.0. The fourth-order valence-electron chi connectivity index (χ4n) is 8.40. The number of benzene rings is 2. The maximum absolute atomic E-state index is 14.3. The molecule has 7 rings (SSSR count). The standard InChI is InChI=1S/C39H49BN4O5/c1-25(2)18-35(40-48-34-23-29-22-33(38(29,3)4)39(34,5)49-40)44-36(46)28(19-26-12-8-6-9-13-26)21-32(45)30(20-27-14-10-7-11-15-27)43-37(47)31-24-41-16-17-42-31/h6-17,24-25,28-30,33-35H,18-23H2,1-5H3,(H,43,47)(H,44,46)/t28-,29?,30+,33+,34?,35+,39+/m1/s1. The summed E-state index contributed by atoms with van der Waals surface area (Å²) in [5, 5.41) is 6.19. The third-order valence-corrected chi connectivity index (χ3v) is 11.3. The van der Waals surface area contributed by atoms with Gasteiger partial charge < -0.3 is 19.9 Å². The molecule has 9 nitrogen and oxygen atoms in total. The van der Waals surface area contributed by atoms with E-state index in [1.54, 1.807) is 0 Å². The average molecular weight is 665 g/mol. The Morgan fingerprint density at radius 3 is 2.20 bits per heavy atom. The molecule has 4 aliphatic rings. The third-order valence-electron chi connectivity index (χ3n) is 11.3. The number of nitrogens with zero attached hydrogens (tertiary/aromatic N) is 2. The van der Waals surface area contributed by atoms with Crippen LogP contribution in [0.3, 0.4) is 0 Å². The van der Waals surface area contributed by atoms with Crippen LogP contribution in [0.15, 0.2) is 79.3 Å². The molecule has 3 saturated carbocycles. The van der Waals surface area contributed by atoms with Crippen LogP contribution in [0.5, 0.6) is 0 Å². The molecule has 3 aromatic rings. The Hall–Kier alpha value is -3.89. The molecule has 2 heterocycles. The molecule has 2 unspecified atom stereocenters. The van der Waals surface area contributed by atoms with Crippen molar-refractivity contribution in [2.24, 2.45) is 29.1 Å². The number of hydrogen-bond acceptors (Lipinski definition) is 7. The molecule has 2 bridgehead atoms. The molecular weight excluding hydrogens is 615 g/mol. The summed E-state index contributed by atoms with van der Waals surface area (Å²) in [4.78, 5) is 49.8. The fraction of sp³-hybridized carbons (Fsp3) is 0.513. The summed E-state index contributed by atoms with van der Waals surface area (Å²) < 4.78 is 13.4. The van der Waals surface area contributed by atoms with Crippen molar-refractivity contribution in [3.8, 4) is 0 Å². The van der Waals surface area contributed by atoms with Crippen LogP contribution in [-0.2, 0) is 31.7 Å². The molecule has 258 valence electrons. The van der Waals surface area contributed by atoms with Crippen LogP contribution >= 0.6 is 0 Å². The van der Waals surface area contributed by atoms with Crippen molar-refractivity contribution in [2.75, 3.05) is 0 Å². The minimum absolute atomic E-state index is 0.000747. The van der Waals surface area contributed by atoms with E-state index in [1.165, 1.54) is 18.6 Å². The SMILES string of the molecule is CC(C)C[C@H](NC(=O)[C@@H](CC(=O)[C@H](Cc1ccccc1)NC(=O)c1cnccn1)Cc1ccccc1)B1OC2CC3C[C@@H](C3(C)C)[C@]2(C)O1. The zero-order chi connectivity index (χ0) is 34.8. The van der Waals surface area contributed by atoms with Crippen molar-refractivity contribution < 1.29 is 23.7 Å². The highest BCUT2D eigenvalue weighted by molar-refractivity contribution is 6.47. The Morgan fingerprint density at radius 1 is 0.918 bits per heavy atom. The Bertz CT molecular complexity index is 1610. The zero-order valence-electron chi connectivity index (χ0n) is 29.3. The molecule has 4 fully saturated rings. The summed E-state index contributed by atoms with van der Waals surface area (Å²) >= 11 is 0. The van der Waals surface area contributed by atoms with Gasteiger partial charge in [0.15, 0.2) is 5.78 Å². The first-order valence-corrected chi connectivity index (χ1v) is 17.7. The molecule has 2 N–H and O–H groups in total. The van der Waals surface area contributed by atoms with E-state index in [2.05, 4.69) is 55.2 Å². The highest BCUT2D eigenvalue weighted by Crippen LogP contribution is 2.65. The zero-order valence-corrected chi connectivity index (χ0v) is 29.3. The number of ketones is 1. The van der Waals surface area contributed by atoms with Gasteiger partial charge in [-0.25, -0.2) is 4.98 Å². The molecule has 7 atom stereocenters. The second-order valence-electron chi connectivity index (χ2n) is 15.4. The van der Waals surface area contributed by atoms with E-state index in [-0.39, 0.29) is 53.6 Å². The quantitative estimate of drug-likeness (QED) is 0.221. The maximum atomic E-state index is 14.3. The van der Waals surface area contributed by atoms with Crippen LogP contribution in [0.4, 0.5) is 0 Å². The Balaban J connectivity index is 1.22. The molecule has 1 aromatic heterocycles. The molecule has 3 aliphatic carbocycles. The van der Waals surface area contributed by atoms with Gasteiger partial charge in [-0.05, 0) is 73.3 Å². The number of amides is 2. The monoisotopic (exact) mass is 664 g/mol. The predicted octanol–water partition coefficient (Wildman–Crippen LogP) is 5.43. The van der Waals surface area contributed by atoms with E-state index in [4.69, 9.17) is 9.31 Å². The number of aromatic nitrogens is 2. The second-order valence-corrected chi connectivity index (χ2v) is 15.4. The van der Waals surface area contributed by atoms with Crippen LogP contribution in [0, 0.1) is 29.1 Å². The van der Waals surface area contributed by atoms with Crippen molar-refractivity contribution in [1.82, 2.24) is 20.6 Å². The Kier molecular flexibility index (Phi) is 10.4. The van der Waals surface area contributed by atoms with Gasteiger partial charge in [-0.2, -0.15) is 0 Å². The van der Waals surface area contributed by atoms with Crippen molar-refractivity contribution in [2.45, 2.75) is 96.8 Å². The molecule has 2 aromatic carbocycles. The lowest BCUT2D eigenvalue weighted by Crippen LogP contribution is -2.65. The van der Waals surface area contributed by atoms with E-state index >= 15 is 0 Å². The van der Waals surface area contributed by atoms with Crippen LogP contribution in [0.2, 0.25) is 0 Å². The molecule has 0 spiro atoms. The number of hydrogen-bond donors (Lipinski definition) is 2. The van der Waals surface area contributed by atoms with Gasteiger partial charge in [0.1, 0.15) is 5.69 Å².